The summed E-state index contributed by atoms with van der Waals surface area (Å²) in [4.78, 5) is 20.7. The van der Waals surface area contributed by atoms with E-state index in [4.69, 9.17) is 9.47 Å². The van der Waals surface area contributed by atoms with Crippen LogP contribution < -0.4 is 4.74 Å². The molecule has 3 aliphatic heterocycles. The SMILES string of the molecule is Cc1c(OCC2CCOC2)ccc([C@H](C)N2C[C@@H]3C[C@H]2CN3C(=O)c2ccc(C(F)(F)F)nc2)c1C. The fourth-order valence-electron chi connectivity index (χ4n) is 5.80. The second-order valence-corrected chi connectivity index (χ2v) is 10.2. The lowest BCUT2D eigenvalue weighted by Gasteiger charge is -2.38. The predicted octanol–water partition coefficient (Wildman–Crippen LogP) is 4.79. The average molecular weight is 504 g/mol. The highest BCUT2D eigenvalue weighted by molar-refractivity contribution is 5.94. The molecule has 4 heterocycles. The average Bonchev–Trinajstić information content (AvgIpc) is 3.61. The number of carbonyl (C=O) groups excluding carboxylic acids is 1. The van der Waals surface area contributed by atoms with E-state index in [1.165, 1.54) is 17.2 Å². The summed E-state index contributed by atoms with van der Waals surface area (Å²) in [6.45, 7) is 9.98. The van der Waals surface area contributed by atoms with Gasteiger partial charge in [-0.15, -0.1) is 0 Å². The predicted molar refractivity (Wildman–Crippen MR) is 128 cm³/mol. The molecule has 3 fully saturated rings. The number of piperazine rings is 1. The first-order chi connectivity index (χ1) is 17.1. The molecular weight excluding hydrogens is 471 g/mol. The summed E-state index contributed by atoms with van der Waals surface area (Å²) in [5.74, 6) is 1.12. The molecule has 5 rings (SSSR count). The third-order valence-corrected chi connectivity index (χ3v) is 8.07. The van der Waals surface area contributed by atoms with Crippen molar-refractivity contribution in [2.24, 2.45) is 5.92 Å². The molecule has 1 aromatic carbocycles. The van der Waals surface area contributed by atoms with Crippen molar-refractivity contribution < 1.29 is 27.4 Å². The van der Waals surface area contributed by atoms with Crippen LogP contribution in [0.1, 0.15) is 58.5 Å². The van der Waals surface area contributed by atoms with Gasteiger partial charge in [-0.2, -0.15) is 13.2 Å². The normalized spacial score (nSPS) is 24.9. The Kier molecular flexibility index (Phi) is 6.72. The number of alkyl halides is 3. The highest BCUT2D eigenvalue weighted by Gasteiger charge is 2.47. The van der Waals surface area contributed by atoms with Crippen molar-refractivity contribution >= 4 is 5.91 Å². The first-order valence-corrected chi connectivity index (χ1v) is 12.5. The highest BCUT2D eigenvalue weighted by atomic mass is 19.4. The number of likely N-dealkylation sites (tertiary alicyclic amines) is 2. The van der Waals surface area contributed by atoms with Crippen molar-refractivity contribution in [2.75, 3.05) is 32.9 Å². The van der Waals surface area contributed by atoms with Crippen molar-refractivity contribution in [3.05, 3.63) is 58.4 Å². The Morgan fingerprint density at radius 3 is 2.58 bits per heavy atom. The highest BCUT2D eigenvalue weighted by Crippen LogP contribution is 2.39. The number of halogens is 3. The first kappa shape index (κ1) is 25.0. The van der Waals surface area contributed by atoms with Crippen LogP contribution in [0.15, 0.2) is 30.5 Å². The summed E-state index contributed by atoms with van der Waals surface area (Å²) in [6.07, 6.45) is -1.57. The number of ether oxygens (including phenoxy) is 2. The molecule has 1 unspecified atom stereocenters. The molecule has 194 valence electrons. The smallest absolute Gasteiger partial charge is 0.433 e. The Morgan fingerprint density at radius 1 is 1.17 bits per heavy atom. The van der Waals surface area contributed by atoms with Crippen LogP contribution in [0.2, 0.25) is 0 Å². The van der Waals surface area contributed by atoms with Crippen LogP contribution in [0.25, 0.3) is 0 Å². The molecule has 9 heteroatoms. The lowest BCUT2D eigenvalue weighted by atomic mass is 9.96. The van der Waals surface area contributed by atoms with E-state index in [1.54, 1.807) is 4.90 Å². The summed E-state index contributed by atoms with van der Waals surface area (Å²) in [5, 5.41) is 0. The molecule has 1 aromatic heterocycles. The van der Waals surface area contributed by atoms with Gasteiger partial charge in [0, 0.05) is 49.9 Å². The molecule has 6 nitrogen and oxygen atoms in total. The standard InChI is InChI=1S/C27H32F3N3O3/c1-16-17(2)24(36-15-19-8-9-35-14-19)6-5-23(16)18(3)32-12-22-10-21(32)13-33(22)26(34)20-4-7-25(31-11-20)27(28,29)30/h4-7,11,18-19,21-22H,8-10,12-15H2,1-3H3/t18-,19?,21-,22-/m0/s1. The minimum atomic E-state index is -4.52. The molecule has 1 amide bonds. The molecule has 2 aromatic rings. The molecule has 36 heavy (non-hydrogen) atoms. The second kappa shape index (κ2) is 9.67. The fourth-order valence-corrected chi connectivity index (χ4v) is 5.80. The maximum Gasteiger partial charge on any atom is 0.433 e. The number of aromatic nitrogens is 1. The van der Waals surface area contributed by atoms with Crippen molar-refractivity contribution in [2.45, 2.75) is 57.9 Å². The van der Waals surface area contributed by atoms with E-state index >= 15 is 0 Å². The van der Waals surface area contributed by atoms with Gasteiger partial charge in [0.1, 0.15) is 11.4 Å². The van der Waals surface area contributed by atoms with E-state index in [0.717, 1.165) is 56.2 Å². The van der Waals surface area contributed by atoms with E-state index in [9.17, 15) is 18.0 Å². The quantitative estimate of drug-likeness (QED) is 0.567. The lowest BCUT2D eigenvalue weighted by Crippen LogP contribution is -2.49. The van der Waals surface area contributed by atoms with Gasteiger partial charge in [0.05, 0.1) is 18.8 Å². The molecular formula is C27H32F3N3O3. The fraction of sp³-hybridized carbons (Fsp3) is 0.556. The maximum absolute atomic E-state index is 13.0. The summed E-state index contributed by atoms with van der Waals surface area (Å²) < 4.78 is 50.0. The number of carbonyl (C=O) groups is 1. The summed E-state index contributed by atoms with van der Waals surface area (Å²) >= 11 is 0. The van der Waals surface area contributed by atoms with Gasteiger partial charge in [-0.05, 0) is 68.5 Å². The third-order valence-electron chi connectivity index (χ3n) is 8.07. The minimum Gasteiger partial charge on any atom is -0.493 e. The van der Waals surface area contributed by atoms with Crippen LogP contribution in [-0.2, 0) is 10.9 Å². The molecule has 2 bridgehead atoms. The van der Waals surface area contributed by atoms with Crippen LogP contribution >= 0.6 is 0 Å². The molecule has 3 aliphatic rings. The lowest BCUT2D eigenvalue weighted by molar-refractivity contribution is -0.141. The van der Waals surface area contributed by atoms with Gasteiger partial charge in [-0.25, -0.2) is 0 Å². The number of benzene rings is 1. The number of pyridine rings is 1. The van der Waals surface area contributed by atoms with Crippen LogP contribution in [-0.4, -0.2) is 65.7 Å². The van der Waals surface area contributed by atoms with Gasteiger partial charge in [0.15, 0.2) is 0 Å². The summed E-state index contributed by atoms with van der Waals surface area (Å²) in [6, 6.07) is 6.75. The van der Waals surface area contributed by atoms with Gasteiger partial charge < -0.3 is 14.4 Å². The molecule has 0 radical (unpaired) electrons. The van der Waals surface area contributed by atoms with E-state index in [0.29, 0.717) is 19.1 Å². The van der Waals surface area contributed by atoms with E-state index in [2.05, 4.69) is 42.8 Å². The van der Waals surface area contributed by atoms with E-state index in [-0.39, 0.29) is 29.6 Å². The topological polar surface area (TPSA) is 54.9 Å². The molecule has 0 aliphatic carbocycles. The van der Waals surface area contributed by atoms with Crippen molar-refractivity contribution in [1.82, 2.24) is 14.8 Å². The van der Waals surface area contributed by atoms with Crippen LogP contribution in [0, 0.1) is 19.8 Å². The second-order valence-electron chi connectivity index (χ2n) is 10.2. The maximum atomic E-state index is 13.0. The number of hydrogen-bond donors (Lipinski definition) is 0. The van der Waals surface area contributed by atoms with Crippen molar-refractivity contribution in [1.29, 1.82) is 0 Å². The van der Waals surface area contributed by atoms with Crippen LogP contribution in [0.4, 0.5) is 13.2 Å². The zero-order valence-corrected chi connectivity index (χ0v) is 20.8. The van der Waals surface area contributed by atoms with E-state index < -0.39 is 11.9 Å². The molecule has 0 spiro atoms. The molecule has 0 saturated carbocycles. The molecule has 0 N–H and O–H groups in total. The Morgan fingerprint density at radius 2 is 1.97 bits per heavy atom. The third kappa shape index (κ3) is 4.70. The number of hydrogen-bond acceptors (Lipinski definition) is 5. The van der Waals surface area contributed by atoms with Crippen LogP contribution in [0.3, 0.4) is 0 Å². The van der Waals surface area contributed by atoms with E-state index in [1.807, 2.05) is 0 Å². The van der Waals surface area contributed by atoms with Gasteiger partial charge in [0.25, 0.3) is 5.91 Å². The van der Waals surface area contributed by atoms with Gasteiger partial charge >= 0.3 is 6.18 Å². The Hall–Kier alpha value is -2.65. The van der Waals surface area contributed by atoms with Gasteiger partial charge in [0.2, 0.25) is 0 Å². The zero-order chi connectivity index (χ0) is 25.6. The zero-order valence-electron chi connectivity index (χ0n) is 20.8. The Balaban J connectivity index is 1.23. The van der Waals surface area contributed by atoms with Crippen LogP contribution in [0.5, 0.6) is 5.75 Å². The van der Waals surface area contributed by atoms with Gasteiger partial charge in [-0.1, -0.05) is 6.07 Å². The molecule has 4 atom stereocenters. The number of fused-ring (bicyclic) bond motifs is 2. The largest absolute Gasteiger partial charge is 0.493 e. The Labute approximate surface area is 209 Å². The molecule has 3 saturated heterocycles. The summed E-state index contributed by atoms with van der Waals surface area (Å²) in [5.41, 5.74) is 2.82. The van der Waals surface area contributed by atoms with Gasteiger partial charge in [-0.3, -0.25) is 14.7 Å². The summed E-state index contributed by atoms with van der Waals surface area (Å²) in [7, 11) is 0. The van der Waals surface area contributed by atoms with Crippen molar-refractivity contribution in [3.63, 3.8) is 0 Å². The van der Waals surface area contributed by atoms with Crippen molar-refractivity contribution in [3.8, 4) is 5.75 Å². The first-order valence-electron chi connectivity index (χ1n) is 12.5. The number of nitrogens with zero attached hydrogens (tertiary/aromatic N) is 3. The Bertz CT molecular complexity index is 1120. The number of rotatable bonds is 6. The monoisotopic (exact) mass is 503 g/mol. The number of amides is 1. The minimum absolute atomic E-state index is 0.0462.